The normalized spacial score (nSPS) is 25.2. The summed E-state index contributed by atoms with van der Waals surface area (Å²) < 4.78 is 27.2. The molecule has 2 fully saturated rings. The van der Waals surface area contributed by atoms with Crippen molar-refractivity contribution in [3.63, 3.8) is 0 Å². The third kappa shape index (κ3) is 6.67. The van der Waals surface area contributed by atoms with Crippen LogP contribution >= 0.6 is 11.6 Å². The molecule has 3 atom stereocenters. The summed E-state index contributed by atoms with van der Waals surface area (Å²) >= 11 is 5.96. The number of nitrogens with zero attached hydrogens (tertiary/aromatic N) is 1. The lowest BCUT2D eigenvalue weighted by Gasteiger charge is -2.31. The molecule has 0 aliphatic carbocycles. The zero-order chi connectivity index (χ0) is 23.1. The Morgan fingerprint density at radius 1 is 1.25 bits per heavy atom. The highest BCUT2D eigenvalue weighted by Gasteiger charge is 2.34. The van der Waals surface area contributed by atoms with Gasteiger partial charge in [0.05, 0.1) is 10.9 Å². The largest absolute Gasteiger partial charge is 0.355 e. The molecule has 0 radical (unpaired) electrons. The van der Waals surface area contributed by atoms with E-state index in [1.807, 2.05) is 7.05 Å². The molecule has 3 rings (SSSR count). The number of carbonyl (C=O) groups is 1. The fourth-order valence-electron chi connectivity index (χ4n) is 4.84. The van der Waals surface area contributed by atoms with Crippen LogP contribution in [-0.4, -0.2) is 63.9 Å². The number of sulfonamides is 1. The van der Waals surface area contributed by atoms with Gasteiger partial charge in [0.25, 0.3) is 0 Å². The maximum Gasteiger partial charge on any atom is 0.243 e. The highest BCUT2D eigenvalue weighted by atomic mass is 35.5. The van der Waals surface area contributed by atoms with Gasteiger partial charge in [0.1, 0.15) is 0 Å². The first-order valence-corrected chi connectivity index (χ1v) is 13.6. The third-order valence-corrected chi connectivity index (χ3v) is 8.97. The Hall–Kier alpha value is -1.19. The van der Waals surface area contributed by atoms with Crippen molar-refractivity contribution in [3.05, 3.63) is 29.3 Å². The summed E-state index contributed by atoms with van der Waals surface area (Å²) in [5, 5.41) is 10.1. The van der Waals surface area contributed by atoms with Crippen molar-refractivity contribution in [3.8, 4) is 0 Å². The van der Waals surface area contributed by atoms with Crippen LogP contribution < -0.4 is 16.0 Å². The Morgan fingerprint density at radius 3 is 2.69 bits per heavy atom. The third-order valence-electron chi connectivity index (χ3n) is 6.84. The molecular formula is C23H37ClN4O3S. The van der Waals surface area contributed by atoms with Crippen LogP contribution in [0.3, 0.4) is 0 Å². The molecule has 7 nitrogen and oxygen atoms in total. The number of unbranched alkanes of at least 4 members (excludes halogenated alkanes) is 1. The molecule has 0 spiro atoms. The van der Waals surface area contributed by atoms with E-state index in [4.69, 9.17) is 11.6 Å². The van der Waals surface area contributed by atoms with Gasteiger partial charge >= 0.3 is 0 Å². The molecule has 2 heterocycles. The van der Waals surface area contributed by atoms with Gasteiger partial charge in [0, 0.05) is 30.7 Å². The van der Waals surface area contributed by atoms with Gasteiger partial charge in [-0.05, 0) is 76.2 Å². The first-order valence-electron chi connectivity index (χ1n) is 11.8. The summed E-state index contributed by atoms with van der Waals surface area (Å²) in [6, 6.07) is 6.73. The molecule has 1 aromatic carbocycles. The first-order chi connectivity index (χ1) is 15.3. The Bertz CT molecular complexity index is 859. The number of carbonyl (C=O) groups excluding carboxylic acids is 1. The van der Waals surface area contributed by atoms with Crippen LogP contribution in [0.15, 0.2) is 29.2 Å². The molecule has 0 aromatic heterocycles. The minimum Gasteiger partial charge on any atom is -0.355 e. The van der Waals surface area contributed by atoms with Crippen molar-refractivity contribution in [2.45, 2.75) is 62.4 Å². The van der Waals surface area contributed by atoms with Gasteiger partial charge in [-0.25, -0.2) is 8.42 Å². The number of nitrogens with one attached hydrogen (secondary N) is 3. The molecule has 2 aliphatic heterocycles. The maximum atomic E-state index is 12.8. The number of hydrogen-bond acceptors (Lipinski definition) is 5. The molecular weight excluding hydrogens is 448 g/mol. The summed E-state index contributed by atoms with van der Waals surface area (Å²) in [7, 11) is -1.53. The molecule has 2 saturated heterocycles. The average Bonchev–Trinajstić information content (AvgIpc) is 3.14. The van der Waals surface area contributed by atoms with Gasteiger partial charge in [-0.3, -0.25) is 4.79 Å². The van der Waals surface area contributed by atoms with Crippen molar-refractivity contribution in [1.82, 2.24) is 20.3 Å². The lowest BCUT2D eigenvalue weighted by atomic mass is 9.92. The van der Waals surface area contributed by atoms with Crippen LogP contribution in [0.1, 0.15) is 45.4 Å². The first kappa shape index (κ1) is 25.4. The molecule has 32 heavy (non-hydrogen) atoms. The van der Waals surface area contributed by atoms with E-state index in [0.717, 1.165) is 45.1 Å². The zero-order valence-electron chi connectivity index (χ0n) is 19.1. The Kier molecular flexibility index (Phi) is 9.37. The number of amides is 1. The number of benzene rings is 1. The van der Waals surface area contributed by atoms with Crippen LogP contribution in [0.25, 0.3) is 0 Å². The molecule has 3 unspecified atom stereocenters. The minimum absolute atomic E-state index is 0.0888. The smallest absolute Gasteiger partial charge is 0.243 e. The second-order valence-corrected chi connectivity index (χ2v) is 11.5. The molecule has 1 amide bonds. The predicted octanol–water partition coefficient (Wildman–Crippen LogP) is 2.61. The molecule has 2 aliphatic rings. The summed E-state index contributed by atoms with van der Waals surface area (Å²) in [6.07, 6.45) is 5.71. The minimum atomic E-state index is -3.47. The lowest BCUT2D eigenvalue weighted by molar-refractivity contribution is -0.122. The van der Waals surface area contributed by atoms with E-state index < -0.39 is 10.0 Å². The summed E-state index contributed by atoms with van der Waals surface area (Å²) in [6.45, 7) is 4.87. The van der Waals surface area contributed by atoms with E-state index in [1.54, 1.807) is 22.5 Å². The maximum absolute atomic E-state index is 12.8. The second kappa shape index (κ2) is 11.8. The molecule has 9 heteroatoms. The van der Waals surface area contributed by atoms with Crippen molar-refractivity contribution < 1.29 is 13.2 Å². The van der Waals surface area contributed by atoms with Gasteiger partial charge in [0.15, 0.2) is 0 Å². The van der Waals surface area contributed by atoms with Gasteiger partial charge in [-0.2, -0.15) is 4.31 Å². The molecule has 180 valence electrons. The highest BCUT2D eigenvalue weighted by molar-refractivity contribution is 7.89. The Morgan fingerprint density at radius 2 is 2.00 bits per heavy atom. The topological polar surface area (TPSA) is 90.5 Å². The number of halogens is 1. The fraction of sp³-hybridized carbons (Fsp3) is 0.696. The quantitative estimate of drug-likeness (QED) is 0.444. The molecule has 3 N–H and O–H groups in total. The van der Waals surface area contributed by atoms with Gasteiger partial charge < -0.3 is 16.0 Å². The van der Waals surface area contributed by atoms with E-state index in [0.29, 0.717) is 42.5 Å². The monoisotopic (exact) mass is 484 g/mol. The van der Waals surface area contributed by atoms with E-state index in [-0.39, 0.29) is 16.8 Å². The molecule has 1 aromatic rings. The summed E-state index contributed by atoms with van der Waals surface area (Å²) in [5.74, 6) is 1.13. The SMILES string of the molecule is CNCC1CC(C(=O)NCCCCC2CCN(S(=O)(=O)c3cccc(Cl)c3)CC2)NC1C. The highest BCUT2D eigenvalue weighted by Crippen LogP contribution is 2.27. The lowest BCUT2D eigenvalue weighted by Crippen LogP contribution is -2.42. The van der Waals surface area contributed by atoms with Crippen molar-refractivity contribution >= 4 is 27.5 Å². The summed E-state index contributed by atoms with van der Waals surface area (Å²) in [4.78, 5) is 12.7. The van der Waals surface area contributed by atoms with Crippen molar-refractivity contribution in [1.29, 1.82) is 0 Å². The zero-order valence-corrected chi connectivity index (χ0v) is 20.7. The van der Waals surface area contributed by atoms with Crippen LogP contribution in [0.4, 0.5) is 0 Å². The summed E-state index contributed by atoms with van der Waals surface area (Å²) in [5.41, 5.74) is 0. The Labute approximate surface area is 197 Å². The van der Waals surface area contributed by atoms with E-state index in [2.05, 4.69) is 22.9 Å². The van der Waals surface area contributed by atoms with Gasteiger partial charge in [-0.15, -0.1) is 0 Å². The van der Waals surface area contributed by atoms with Crippen LogP contribution in [0, 0.1) is 11.8 Å². The van der Waals surface area contributed by atoms with Gasteiger partial charge in [-0.1, -0.05) is 30.5 Å². The number of hydrogen-bond donors (Lipinski definition) is 3. The average molecular weight is 485 g/mol. The standard InChI is InChI=1S/C23H37ClN4O3S/c1-17-19(16-25-2)14-22(27-17)23(29)26-11-4-3-6-18-9-12-28(13-10-18)32(30,31)21-8-5-7-20(24)15-21/h5,7-8,15,17-19,22,25,27H,3-4,6,9-14,16H2,1-2H3,(H,26,29). The predicted molar refractivity (Wildman–Crippen MR) is 128 cm³/mol. The Balaban J connectivity index is 1.32. The van der Waals surface area contributed by atoms with Gasteiger partial charge in [0.2, 0.25) is 15.9 Å². The molecule has 0 bridgehead atoms. The second-order valence-electron chi connectivity index (χ2n) is 9.15. The van der Waals surface area contributed by atoms with Crippen molar-refractivity contribution in [2.24, 2.45) is 11.8 Å². The number of piperidine rings is 1. The van der Waals surface area contributed by atoms with Crippen molar-refractivity contribution in [2.75, 3.05) is 33.2 Å². The van der Waals surface area contributed by atoms with E-state index in [1.165, 1.54) is 6.07 Å². The van der Waals surface area contributed by atoms with E-state index in [9.17, 15) is 13.2 Å². The number of rotatable bonds is 10. The van der Waals surface area contributed by atoms with Crippen LogP contribution in [-0.2, 0) is 14.8 Å². The van der Waals surface area contributed by atoms with Crippen LogP contribution in [0.2, 0.25) is 5.02 Å². The van der Waals surface area contributed by atoms with Crippen LogP contribution in [0.5, 0.6) is 0 Å². The molecule has 0 saturated carbocycles. The fourth-order valence-corrected chi connectivity index (χ4v) is 6.61. The van der Waals surface area contributed by atoms with E-state index >= 15 is 0 Å².